The molecule has 2 N–H and O–H groups in total. The summed E-state index contributed by atoms with van der Waals surface area (Å²) in [6.07, 6.45) is 1.40. The number of hydrogen-bond acceptors (Lipinski definition) is 4. The molecule has 0 aliphatic heterocycles. The van der Waals surface area contributed by atoms with E-state index in [2.05, 4.69) is 10.6 Å². The second-order valence-corrected chi connectivity index (χ2v) is 7.10. The number of nitrogens with one attached hydrogen (secondary N) is 2. The quantitative estimate of drug-likeness (QED) is 0.378. The van der Waals surface area contributed by atoms with Gasteiger partial charge < -0.3 is 19.5 Å². The fraction of sp³-hybridized carbons (Fsp3) is 0. The second-order valence-electron chi connectivity index (χ2n) is 6.25. The Hall–Kier alpha value is -3.48. The number of amides is 2. The largest absolute Gasteiger partial charge is 0.459 e. The molecule has 0 radical (unpaired) electrons. The molecule has 0 fully saturated rings. The highest BCUT2D eigenvalue weighted by atomic mass is 35.5. The predicted molar refractivity (Wildman–Crippen MR) is 115 cm³/mol. The van der Waals surface area contributed by atoms with Crippen LogP contribution < -0.4 is 10.6 Å². The molecule has 30 heavy (non-hydrogen) atoms. The van der Waals surface area contributed by atoms with Gasteiger partial charge in [0.05, 0.1) is 17.0 Å². The molecule has 0 unspecified atom stereocenters. The monoisotopic (exact) mass is 440 g/mol. The van der Waals surface area contributed by atoms with Crippen LogP contribution in [0.3, 0.4) is 0 Å². The maximum Gasteiger partial charge on any atom is 0.291 e. The molecular weight excluding hydrogens is 427 g/mol. The topological polar surface area (TPSA) is 84.5 Å². The van der Waals surface area contributed by atoms with Gasteiger partial charge in [0.15, 0.2) is 11.5 Å². The SMILES string of the molecule is O=C(Nc1ccc(NC(=O)c2ccc(-c3cccc(Cl)c3)o2)cc1Cl)c1ccco1. The van der Waals surface area contributed by atoms with Crippen LogP contribution in [0.15, 0.2) is 81.8 Å². The molecule has 0 aliphatic rings. The van der Waals surface area contributed by atoms with E-state index in [0.29, 0.717) is 22.2 Å². The van der Waals surface area contributed by atoms with E-state index in [0.717, 1.165) is 5.56 Å². The molecule has 2 heterocycles. The number of carbonyl (C=O) groups excluding carboxylic acids is 2. The third-order valence-electron chi connectivity index (χ3n) is 4.16. The van der Waals surface area contributed by atoms with E-state index < -0.39 is 11.8 Å². The minimum Gasteiger partial charge on any atom is -0.459 e. The molecule has 0 spiro atoms. The lowest BCUT2D eigenvalue weighted by molar-refractivity contribution is 0.0989. The Morgan fingerprint density at radius 3 is 2.37 bits per heavy atom. The van der Waals surface area contributed by atoms with Gasteiger partial charge in [-0.2, -0.15) is 0 Å². The summed E-state index contributed by atoms with van der Waals surface area (Å²) in [4.78, 5) is 24.6. The number of rotatable bonds is 5. The van der Waals surface area contributed by atoms with Gasteiger partial charge in [0.1, 0.15) is 5.76 Å². The van der Waals surface area contributed by atoms with Gasteiger partial charge in [0.25, 0.3) is 11.8 Å². The highest BCUT2D eigenvalue weighted by molar-refractivity contribution is 6.34. The molecule has 0 bridgehead atoms. The van der Waals surface area contributed by atoms with Crippen LogP contribution in [-0.2, 0) is 0 Å². The van der Waals surface area contributed by atoms with Gasteiger partial charge in [0.2, 0.25) is 0 Å². The van der Waals surface area contributed by atoms with Crippen LogP contribution in [0, 0.1) is 0 Å². The first-order chi connectivity index (χ1) is 14.5. The summed E-state index contributed by atoms with van der Waals surface area (Å²) in [7, 11) is 0. The van der Waals surface area contributed by atoms with Crippen molar-refractivity contribution in [2.75, 3.05) is 10.6 Å². The number of halogens is 2. The van der Waals surface area contributed by atoms with E-state index in [4.69, 9.17) is 32.0 Å². The zero-order valence-corrected chi connectivity index (χ0v) is 16.8. The van der Waals surface area contributed by atoms with E-state index in [1.165, 1.54) is 12.3 Å². The van der Waals surface area contributed by atoms with Gasteiger partial charge in [-0.25, -0.2) is 0 Å². The van der Waals surface area contributed by atoms with Crippen molar-refractivity contribution in [3.8, 4) is 11.3 Å². The molecule has 150 valence electrons. The second kappa shape index (κ2) is 8.49. The summed E-state index contributed by atoms with van der Waals surface area (Å²) in [6, 6.07) is 18.3. The van der Waals surface area contributed by atoms with Gasteiger partial charge in [-0.3, -0.25) is 9.59 Å². The molecule has 2 amide bonds. The van der Waals surface area contributed by atoms with Crippen LogP contribution in [0.25, 0.3) is 11.3 Å². The van der Waals surface area contributed by atoms with Crippen molar-refractivity contribution >= 4 is 46.4 Å². The molecule has 0 atom stereocenters. The first-order valence-electron chi connectivity index (χ1n) is 8.81. The molecule has 4 rings (SSSR count). The Morgan fingerprint density at radius 2 is 1.63 bits per heavy atom. The molecule has 4 aromatic rings. The smallest absolute Gasteiger partial charge is 0.291 e. The first kappa shape index (κ1) is 19.8. The number of furan rings is 2. The summed E-state index contributed by atoms with van der Waals surface area (Å²) in [6.45, 7) is 0. The Balaban J connectivity index is 1.45. The summed E-state index contributed by atoms with van der Waals surface area (Å²) >= 11 is 12.2. The standard InChI is InChI=1S/C22H14Cl2N2O4/c23-14-4-1-3-13(11-14)18-8-9-20(30-18)22(28)25-15-6-7-17(16(24)12-15)26-21(27)19-5-2-10-29-19/h1-12H,(H,25,28)(H,26,27). The molecule has 2 aromatic heterocycles. The third-order valence-corrected chi connectivity index (χ3v) is 4.71. The van der Waals surface area contributed by atoms with E-state index >= 15 is 0 Å². The highest BCUT2D eigenvalue weighted by Crippen LogP contribution is 2.28. The maximum atomic E-state index is 12.5. The lowest BCUT2D eigenvalue weighted by Gasteiger charge is -2.09. The van der Waals surface area contributed by atoms with Crippen molar-refractivity contribution in [2.24, 2.45) is 0 Å². The van der Waals surface area contributed by atoms with Gasteiger partial charge in [-0.1, -0.05) is 35.3 Å². The van der Waals surface area contributed by atoms with E-state index in [-0.39, 0.29) is 16.5 Å². The van der Waals surface area contributed by atoms with Gasteiger partial charge in [-0.05, 0) is 54.6 Å². The molecular formula is C22H14Cl2N2O4. The molecule has 0 saturated carbocycles. The molecule has 2 aromatic carbocycles. The first-order valence-corrected chi connectivity index (χ1v) is 9.57. The zero-order chi connectivity index (χ0) is 21.1. The minimum absolute atomic E-state index is 0.135. The van der Waals surface area contributed by atoms with Crippen molar-refractivity contribution in [3.05, 3.63) is 94.6 Å². The Kier molecular flexibility index (Phi) is 5.61. The summed E-state index contributed by atoms with van der Waals surface area (Å²) < 4.78 is 10.7. The summed E-state index contributed by atoms with van der Waals surface area (Å²) in [5.41, 5.74) is 1.60. The molecule has 0 aliphatic carbocycles. The van der Waals surface area contributed by atoms with Crippen molar-refractivity contribution in [2.45, 2.75) is 0 Å². The van der Waals surface area contributed by atoms with Gasteiger partial charge in [0, 0.05) is 16.3 Å². The predicted octanol–water partition coefficient (Wildman–Crippen LogP) is 6.35. The normalized spacial score (nSPS) is 10.6. The maximum absolute atomic E-state index is 12.5. The van der Waals surface area contributed by atoms with Crippen LogP contribution in [-0.4, -0.2) is 11.8 Å². The van der Waals surface area contributed by atoms with Crippen molar-refractivity contribution in [1.29, 1.82) is 0 Å². The van der Waals surface area contributed by atoms with E-state index in [9.17, 15) is 9.59 Å². The number of anilines is 2. The number of benzene rings is 2. The van der Waals surface area contributed by atoms with Gasteiger partial charge >= 0.3 is 0 Å². The Morgan fingerprint density at radius 1 is 0.800 bits per heavy atom. The van der Waals surface area contributed by atoms with E-state index in [1.54, 1.807) is 54.6 Å². The third kappa shape index (κ3) is 4.40. The van der Waals surface area contributed by atoms with E-state index in [1.807, 2.05) is 6.07 Å². The zero-order valence-electron chi connectivity index (χ0n) is 15.3. The average Bonchev–Trinajstić information content (AvgIpc) is 3.42. The van der Waals surface area contributed by atoms with Gasteiger partial charge in [-0.15, -0.1) is 0 Å². The number of carbonyl (C=O) groups is 2. The van der Waals surface area contributed by atoms with Crippen LogP contribution in [0.4, 0.5) is 11.4 Å². The highest BCUT2D eigenvalue weighted by Gasteiger charge is 2.15. The fourth-order valence-corrected chi connectivity index (χ4v) is 3.15. The fourth-order valence-electron chi connectivity index (χ4n) is 2.74. The minimum atomic E-state index is -0.438. The molecule has 6 nitrogen and oxygen atoms in total. The summed E-state index contributed by atoms with van der Waals surface area (Å²) in [5, 5.41) is 6.18. The average molecular weight is 441 g/mol. The molecule has 8 heteroatoms. The Labute approximate surface area is 181 Å². The summed E-state index contributed by atoms with van der Waals surface area (Å²) in [5.74, 6) is -0.0423. The van der Waals surface area contributed by atoms with Crippen molar-refractivity contribution in [1.82, 2.24) is 0 Å². The lowest BCUT2D eigenvalue weighted by atomic mass is 10.2. The van der Waals surface area contributed by atoms with Crippen LogP contribution in [0.5, 0.6) is 0 Å². The van der Waals surface area contributed by atoms with Crippen LogP contribution in [0.1, 0.15) is 21.1 Å². The van der Waals surface area contributed by atoms with Crippen molar-refractivity contribution < 1.29 is 18.4 Å². The molecule has 0 saturated heterocycles. The van der Waals surface area contributed by atoms with Crippen LogP contribution in [0.2, 0.25) is 10.0 Å². The van der Waals surface area contributed by atoms with Crippen LogP contribution >= 0.6 is 23.2 Å². The van der Waals surface area contributed by atoms with Crippen molar-refractivity contribution in [3.63, 3.8) is 0 Å². The number of hydrogen-bond donors (Lipinski definition) is 2. The Bertz CT molecular complexity index is 1220. The lowest BCUT2D eigenvalue weighted by Crippen LogP contribution is -2.13.